The van der Waals surface area contributed by atoms with Crippen LogP contribution in [0.3, 0.4) is 0 Å². The van der Waals surface area contributed by atoms with Gasteiger partial charge < -0.3 is 15.2 Å². The molecule has 6 nitrogen and oxygen atoms in total. The fourth-order valence-corrected chi connectivity index (χ4v) is 3.63. The molecule has 0 heterocycles. The molecule has 0 fully saturated rings. The Kier molecular flexibility index (Phi) is 20.5. The highest BCUT2D eigenvalue weighted by atomic mass is 16.5. The number of ether oxygens (including phenoxy) is 1. The molecule has 0 radical (unpaired) electrons. The molecule has 0 aliphatic carbocycles. The van der Waals surface area contributed by atoms with Gasteiger partial charge in [-0.3, -0.25) is 14.4 Å². The third kappa shape index (κ3) is 21.4. The number of aliphatic carboxylic acids is 1. The molecule has 0 aliphatic rings. The number of hydrogen-bond donors (Lipinski definition) is 2. The van der Waals surface area contributed by atoms with Crippen molar-refractivity contribution in [3.63, 3.8) is 0 Å². The fourth-order valence-electron chi connectivity index (χ4n) is 3.63. The van der Waals surface area contributed by atoms with Crippen LogP contribution in [-0.2, 0) is 19.1 Å². The Morgan fingerprint density at radius 2 is 1.19 bits per heavy atom. The number of carboxylic acid groups (broad SMARTS) is 1. The van der Waals surface area contributed by atoms with Crippen LogP contribution >= 0.6 is 0 Å². The van der Waals surface area contributed by atoms with Gasteiger partial charge in [-0.2, -0.15) is 0 Å². The summed E-state index contributed by atoms with van der Waals surface area (Å²) in [6, 6.07) is 0. The van der Waals surface area contributed by atoms with Gasteiger partial charge in [0.2, 0.25) is 5.91 Å². The third-order valence-electron chi connectivity index (χ3n) is 5.53. The first kappa shape index (κ1) is 29.4. The number of hydrogen-bond acceptors (Lipinski definition) is 4. The standard InChI is InChI=1S/C25H47NO5/c1-3-5-7-8-9-10-11-16-20-25(30)31-22(17-13-6-4-2)18-14-12-15-19-23(27)26-21-24(28)29/h22H,3-21H2,1-2H3,(H,26,27)(H,28,29). The molecule has 0 rings (SSSR count). The van der Waals surface area contributed by atoms with Crippen molar-refractivity contribution in [2.75, 3.05) is 6.54 Å². The monoisotopic (exact) mass is 441 g/mol. The van der Waals surface area contributed by atoms with Gasteiger partial charge in [-0.15, -0.1) is 0 Å². The number of carbonyl (C=O) groups excluding carboxylic acids is 2. The Labute approximate surface area is 189 Å². The molecular formula is C25H47NO5. The van der Waals surface area contributed by atoms with E-state index < -0.39 is 5.97 Å². The average Bonchev–Trinajstić information content (AvgIpc) is 2.73. The van der Waals surface area contributed by atoms with E-state index in [0.29, 0.717) is 12.8 Å². The SMILES string of the molecule is CCCCCCCCCCC(=O)OC(CCCCC)CCCCCC(=O)NCC(=O)O. The van der Waals surface area contributed by atoms with Gasteiger partial charge in [0.1, 0.15) is 12.6 Å². The Morgan fingerprint density at radius 1 is 0.710 bits per heavy atom. The topological polar surface area (TPSA) is 92.7 Å². The van der Waals surface area contributed by atoms with Gasteiger partial charge in [0.05, 0.1) is 0 Å². The lowest BCUT2D eigenvalue weighted by molar-refractivity contribution is -0.150. The minimum atomic E-state index is -1.03. The quantitative estimate of drug-likeness (QED) is 0.155. The molecule has 0 bridgehead atoms. The zero-order valence-electron chi connectivity index (χ0n) is 20.1. The van der Waals surface area contributed by atoms with E-state index in [4.69, 9.17) is 9.84 Å². The summed E-state index contributed by atoms with van der Waals surface area (Å²) in [7, 11) is 0. The van der Waals surface area contributed by atoms with Crippen LogP contribution < -0.4 is 5.32 Å². The van der Waals surface area contributed by atoms with E-state index in [1.54, 1.807) is 0 Å². The molecule has 0 aromatic carbocycles. The van der Waals surface area contributed by atoms with Crippen LogP contribution in [0, 0.1) is 0 Å². The summed E-state index contributed by atoms with van der Waals surface area (Å²) in [5.41, 5.74) is 0. The third-order valence-corrected chi connectivity index (χ3v) is 5.53. The van der Waals surface area contributed by atoms with Crippen molar-refractivity contribution in [1.82, 2.24) is 5.32 Å². The van der Waals surface area contributed by atoms with Gasteiger partial charge in [-0.05, 0) is 38.5 Å². The van der Waals surface area contributed by atoms with Crippen molar-refractivity contribution >= 4 is 17.8 Å². The van der Waals surface area contributed by atoms with Crippen LogP contribution in [-0.4, -0.2) is 35.6 Å². The first-order chi connectivity index (χ1) is 15.0. The average molecular weight is 442 g/mol. The van der Waals surface area contributed by atoms with Crippen LogP contribution in [0.4, 0.5) is 0 Å². The zero-order valence-corrected chi connectivity index (χ0v) is 20.1. The van der Waals surface area contributed by atoms with E-state index in [1.165, 1.54) is 38.5 Å². The highest BCUT2D eigenvalue weighted by molar-refractivity contribution is 5.80. The number of esters is 1. The van der Waals surface area contributed by atoms with E-state index in [0.717, 1.165) is 64.2 Å². The first-order valence-corrected chi connectivity index (χ1v) is 12.7. The molecule has 1 unspecified atom stereocenters. The molecule has 0 aliphatic heterocycles. The predicted molar refractivity (Wildman–Crippen MR) is 125 cm³/mol. The van der Waals surface area contributed by atoms with Crippen molar-refractivity contribution in [2.24, 2.45) is 0 Å². The number of carboxylic acids is 1. The molecule has 1 amide bonds. The van der Waals surface area contributed by atoms with Crippen LogP contribution in [0.15, 0.2) is 0 Å². The maximum Gasteiger partial charge on any atom is 0.322 e. The van der Waals surface area contributed by atoms with Crippen LogP contribution in [0.1, 0.15) is 129 Å². The molecule has 2 N–H and O–H groups in total. The normalized spacial score (nSPS) is 11.8. The second kappa shape index (κ2) is 21.6. The van der Waals surface area contributed by atoms with Crippen molar-refractivity contribution in [3.05, 3.63) is 0 Å². The largest absolute Gasteiger partial charge is 0.480 e. The molecule has 0 aromatic heterocycles. The van der Waals surface area contributed by atoms with Crippen molar-refractivity contribution in [1.29, 1.82) is 0 Å². The van der Waals surface area contributed by atoms with Crippen LogP contribution in [0.5, 0.6) is 0 Å². The molecule has 31 heavy (non-hydrogen) atoms. The van der Waals surface area contributed by atoms with Gasteiger partial charge >= 0.3 is 11.9 Å². The summed E-state index contributed by atoms with van der Waals surface area (Å²) >= 11 is 0. The van der Waals surface area contributed by atoms with Crippen LogP contribution in [0.25, 0.3) is 0 Å². The predicted octanol–water partition coefficient (Wildman–Crippen LogP) is 6.16. The lowest BCUT2D eigenvalue weighted by Gasteiger charge is -2.18. The van der Waals surface area contributed by atoms with Gasteiger partial charge in [-0.25, -0.2) is 0 Å². The minimum Gasteiger partial charge on any atom is -0.480 e. The van der Waals surface area contributed by atoms with Crippen molar-refractivity contribution in [3.8, 4) is 0 Å². The summed E-state index contributed by atoms with van der Waals surface area (Å²) < 4.78 is 5.77. The van der Waals surface area contributed by atoms with Crippen molar-refractivity contribution in [2.45, 2.75) is 136 Å². The highest BCUT2D eigenvalue weighted by Crippen LogP contribution is 2.17. The van der Waals surface area contributed by atoms with Gasteiger partial charge in [-0.1, -0.05) is 78.1 Å². The first-order valence-electron chi connectivity index (χ1n) is 12.7. The van der Waals surface area contributed by atoms with Gasteiger partial charge in [0, 0.05) is 12.8 Å². The minimum absolute atomic E-state index is 0.0195. The fraction of sp³-hybridized carbons (Fsp3) is 0.880. The Balaban J connectivity index is 3.97. The van der Waals surface area contributed by atoms with Crippen LogP contribution in [0.2, 0.25) is 0 Å². The second-order valence-corrected chi connectivity index (χ2v) is 8.60. The number of amides is 1. The Morgan fingerprint density at radius 3 is 1.81 bits per heavy atom. The molecule has 6 heteroatoms. The van der Waals surface area contributed by atoms with E-state index >= 15 is 0 Å². The molecule has 182 valence electrons. The van der Waals surface area contributed by atoms with Gasteiger partial charge in [0.15, 0.2) is 0 Å². The summed E-state index contributed by atoms with van der Waals surface area (Å²) in [5, 5.41) is 10.9. The molecule has 0 saturated carbocycles. The smallest absolute Gasteiger partial charge is 0.322 e. The number of unbranched alkanes of at least 4 members (excludes halogenated alkanes) is 11. The number of rotatable bonds is 22. The van der Waals surface area contributed by atoms with Gasteiger partial charge in [0.25, 0.3) is 0 Å². The van der Waals surface area contributed by atoms with E-state index in [1.807, 2.05) is 0 Å². The molecular weight excluding hydrogens is 394 g/mol. The molecule has 0 saturated heterocycles. The summed E-state index contributed by atoms with van der Waals surface area (Å²) in [6.45, 7) is 4.07. The summed E-state index contributed by atoms with van der Waals surface area (Å²) in [5.74, 6) is -1.32. The maximum absolute atomic E-state index is 12.2. The molecule has 0 aromatic rings. The Hall–Kier alpha value is -1.59. The lowest BCUT2D eigenvalue weighted by Crippen LogP contribution is -2.28. The number of carbonyl (C=O) groups is 3. The van der Waals surface area contributed by atoms with E-state index in [9.17, 15) is 14.4 Å². The van der Waals surface area contributed by atoms with Crippen molar-refractivity contribution < 1.29 is 24.2 Å². The summed E-state index contributed by atoms with van der Waals surface area (Å²) in [4.78, 5) is 34.2. The van der Waals surface area contributed by atoms with E-state index in [2.05, 4.69) is 19.2 Å². The van der Waals surface area contributed by atoms with E-state index in [-0.39, 0.29) is 24.5 Å². The molecule has 0 spiro atoms. The number of nitrogens with one attached hydrogen (secondary N) is 1. The summed E-state index contributed by atoms with van der Waals surface area (Å²) in [6.07, 6.45) is 18.2. The zero-order chi connectivity index (χ0) is 23.2. The Bertz CT molecular complexity index is 467. The highest BCUT2D eigenvalue weighted by Gasteiger charge is 2.14. The lowest BCUT2D eigenvalue weighted by atomic mass is 10.0. The molecule has 1 atom stereocenters. The maximum atomic E-state index is 12.2. The second-order valence-electron chi connectivity index (χ2n) is 8.60.